The molecule has 0 unspecified atom stereocenters. The van der Waals surface area contributed by atoms with Crippen molar-refractivity contribution >= 4 is 15.7 Å². The molecule has 0 saturated heterocycles. The van der Waals surface area contributed by atoms with Crippen LogP contribution in [0.15, 0.2) is 11.1 Å². The number of sulfonamides is 1. The van der Waals surface area contributed by atoms with Crippen LogP contribution in [0.1, 0.15) is 17.7 Å². The average molecular weight is 248 g/mol. The fourth-order valence-electron chi connectivity index (χ4n) is 1.06. The average Bonchev–Trinajstić information content (AvgIpc) is 2.14. The molecule has 0 radical (unpaired) electrons. The summed E-state index contributed by atoms with van der Waals surface area (Å²) >= 11 is 0. The highest BCUT2D eigenvalue weighted by atomic mass is 32.2. The molecule has 0 aliphatic rings. The molecule has 16 heavy (non-hydrogen) atoms. The molecular formula is C7H6F2N4O2S. The van der Waals surface area contributed by atoms with Crippen LogP contribution in [-0.2, 0) is 10.0 Å². The van der Waals surface area contributed by atoms with Gasteiger partial charge in [0, 0.05) is 0 Å². The van der Waals surface area contributed by atoms with Gasteiger partial charge >= 0.3 is 0 Å². The van der Waals surface area contributed by atoms with Gasteiger partial charge in [-0.05, 0) is 0 Å². The van der Waals surface area contributed by atoms with Gasteiger partial charge in [0.25, 0.3) is 6.43 Å². The van der Waals surface area contributed by atoms with Crippen molar-refractivity contribution in [2.45, 2.75) is 11.3 Å². The first kappa shape index (κ1) is 12.3. The van der Waals surface area contributed by atoms with E-state index in [0.29, 0.717) is 6.20 Å². The first-order valence-corrected chi connectivity index (χ1v) is 5.33. The highest BCUT2D eigenvalue weighted by molar-refractivity contribution is 7.89. The lowest BCUT2D eigenvalue weighted by Crippen LogP contribution is -2.17. The van der Waals surface area contributed by atoms with E-state index in [0.717, 1.165) is 0 Å². The maximum Gasteiger partial charge on any atom is 0.268 e. The number of rotatable bonds is 2. The Hall–Kier alpha value is -1.79. The Labute approximate surface area is 89.5 Å². The Morgan fingerprint density at radius 3 is 2.44 bits per heavy atom. The number of nitrogen functional groups attached to an aromatic ring is 1. The summed E-state index contributed by atoms with van der Waals surface area (Å²) in [5.74, 6) is 0. The number of hydrogen-bond donors (Lipinski definition) is 2. The highest BCUT2D eigenvalue weighted by Gasteiger charge is 2.24. The number of anilines is 1. The molecule has 0 bridgehead atoms. The van der Waals surface area contributed by atoms with Crippen LogP contribution < -0.4 is 10.9 Å². The van der Waals surface area contributed by atoms with Crippen LogP contribution in [0.5, 0.6) is 0 Å². The summed E-state index contributed by atoms with van der Waals surface area (Å²) in [6.07, 6.45) is -2.43. The zero-order chi connectivity index (χ0) is 12.5. The number of nitrogens with two attached hydrogens (primary N) is 2. The van der Waals surface area contributed by atoms with E-state index in [9.17, 15) is 17.2 Å². The van der Waals surface area contributed by atoms with E-state index < -0.39 is 38.3 Å². The quantitative estimate of drug-likeness (QED) is 0.769. The molecule has 0 atom stereocenters. The summed E-state index contributed by atoms with van der Waals surface area (Å²) in [6.45, 7) is 0. The number of nitriles is 1. The SMILES string of the molecule is N#Cc1ncc(S(N)(=O)=O)c(N)c1C(F)F. The number of pyridine rings is 1. The number of primary sulfonamides is 1. The predicted octanol–water partition coefficient (Wildman–Crippen LogP) is 0.120. The van der Waals surface area contributed by atoms with Gasteiger partial charge in [0.05, 0.1) is 17.4 Å². The summed E-state index contributed by atoms with van der Waals surface area (Å²) in [6, 6.07) is 1.39. The summed E-state index contributed by atoms with van der Waals surface area (Å²) in [5.41, 5.74) is 2.92. The predicted molar refractivity (Wildman–Crippen MR) is 49.7 cm³/mol. The maximum atomic E-state index is 12.5. The van der Waals surface area contributed by atoms with Gasteiger partial charge in [-0.25, -0.2) is 27.3 Å². The Kier molecular flexibility index (Phi) is 3.06. The highest BCUT2D eigenvalue weighted by Crippen LogP contribution is 2.31. The summed E-state index contributed by atoms with van der Waals surface area (Å²) in [4.78, 5) is 2.54. The van der Waals surface area contributed by atoms with Crippen LogP contribution >= 0.6 is 0 Å². The molecule has 6 nitrogen and oxygen atoms in total. The van der Waals surface area contributed by atoms with Gasteiger partial charge in [-0.2, -0.15) is 5.26 Å². The molecule has 9 heteroatoms. The zero-order valence-electron chi connectivity index (χ0n) is 7.68. The zero-order valence-corrected chi connectivity index (χ0v) is 8.50. The van der Waals surface area contributed by atoms with Crippen molar-refractivity contribution in [2.75, 3.05) is 5.73 Å². The molecular weight excluding hydrogens is 242 g/mol. The van der Waals surface area contributed by atoms with Crippen LogP contribution in [0.4, 0.5) is 14.5 Å². The molecule has 0 aliphatic heterocycles. The van der Waals surface area contributed by atoms with Gasteiger partial charge in [-0.3, -0.25) is 0 Å². The minimum absolute atomic E-state index is 0.625. The van der Waals surface area contributed by atoms with Gasteiger partial charge in [0.15, 0.2) is 5.69 Å². The lowest BCUT2D eigenvalue weighted by atomic mass is 10.2. The second kappa shape index (κ2) is 3.99. The third kappa shape index (κ3) is 2.07. The van der Waals surface area contributed by atoms with Gasteiger partial charge in [0.1, 0.15) is 11.0 Å². The largest absolute Gasteiger partial charge is 0.397 e. The van der Waals surface area contributed by atoms with E-state index >= 15 is 0 Å². The second-order valence-electron chi connectivity index (χ2n) is 2.76. The molecule has 1 heterocycles. The fourth-order valence-corrected chi connectivity index (χ4v) is 1.68. The van der Waals surface area contributed by atoms with Crippen LogP contribution in [0.3, 0.4) is 0 Å². The topological polar surface area (TPSA) is 123 Å². The van der Waals surface area contributed by atoms with Crippen molar-refractivity contribution in [3.8, 4) is 6.07 Å². The lowest BCUT2D eigenvalue weighted by molar-refractivity contribution is 0.151. The first-order valence-electron chi connectivity index (χ1n) is 3.78. The standard InChI is InChI=1S/C7H6F2N4O2S/c8-7(9)5-3(1-10)13-2-4(6(5)11)16(12,14)15/h2,7H,(H2,11,13)(H2,12,14,15). The molecule has 1 rings (SSSR count). The van der Waals surface area contributed by atoms with E-state index in [1.165, 1.54) is 6.07 Å². The van der Waals surface area contributed by atoms with E-state index in [2.05, 4.69) is 4.98 Å². The fraction of sp³-hybridized carbons (Fsp3) is 0.143. The van der Waals surface area contributed by atoms with Crippen molar-refractivity contribution in [3.63, 3.8) is 0 Å². The normalized spacial score (nSPS) is 11.4. The van der Waals surface area contributed by atoms with Crippen LogP contribution in [0, 0.1) is 11.3 Å². The molecule has 0 aliphatic carbocycles. The summed E-state index contributed by atoms with van der Waals surface area (Å²) in [5, 5.41) is 13.2. The van der Waals surface area contributed by atoms with Crippen LogP contribution in [0.2, 0.25) is 0 Å². The van der Waals surface area contributed by atoms with Crippen LogP contribution in [-0.4, -0.2) is 13.4 Å². The first-order chi connectivity index (χ1) is 7.29. The van der Waals surface area contributed by atoms with E-state index in [-0.39, 0.29) is 0 Å². The Morgan fingerprint density at radius 2 is 2.06 bits per heavy atom. The smallest absolute Gasteiger partial charge is 0.268 e. The maximum absolute atomic E-state index is 12.5. The number of aromatic nitrogens is 1. The van der Waals surface area contributed by atoms with Crippen LogP contribution in [0.25, 0.3) is 0 Å². The van der Waals surface area contributed by atoms with Crippen molar-refractivity contribution in [1.82, 2.24) is 4.98 Å². The molecule has 0 saturated carbocycles. The third-order valence-corrected chi connectivity index (χ3v) is 2.69. The van der Waals surface area contributed by atoms with Gasteiger partial charge < -0.3 is 5.73 Å². The van der Waals surface area contributed by atoms with E-state index in [1.807, 2.05) is 0 Å². The Bertz CT molecular complexity index is 564. The van der Waals surface area contributed by atoms with Gasteiger partial charge in [-0.15, -0.1) is 0 Å². The van der Waals surface area contributed by atoms with Crippen molar-refractivity contribution in [2.24, 2.45) is 5.14 Å². The third-order valence-electron chi connectivity index (χ3n) is 1.75. The number of alkyl halides is 2. The van der Waals surface area contributed by atoms with Gasteiger partial charge in [0.2, 0.25) is 10.0 Å². The van der Waals surface area contributed by atoms with Gasteiger partial charge in [-0.1, -0.05) is 0 Å². The minimum Gasteiger partial charge on any atom is -0.397 e. The second-order valence-corrected chi connectivity index (χ2v) is 4.29. The molecule has 0 spiro atoms. The van der Waals surface area contributed by atoms with E-state index in [4.69, 9.17) is 16.1 Å². The summed E-state index contributed by atoms with van der Waals surface area (Å²) in [7, 11) is -4.24. The monoisotopic (exact) mass is 248 g/mol. The number of halogens is 2. The Morgan fingerprint density at radius 1 is 1.50 bits per heavy atom. The lowest BCUT2D eigenvalue weighted by Gasteiger charge is -2.09. The Balaban J connectivity index is 3.65. The molecule has 0 fully saturated rings. The molecule has 4 N–H and O–H groups in total. The molecule has 0 aromatic carbocycles. The molecule has 86 valence electrons. The minimum atomic E-state index is -4.24. The number of hydrogen-bond acceptors (Lipinski definition) is 5. The van der Waals surface area contributed by atoms with Crippen molar-refractivity contribution in [3.05, 3.63) is 17.5 Å². The van der Waals surface area contributed by atoms with E-state index in [1.54, 1.807) is 0 Å². The van der Waals surface area contributed by atoms with Crippen molar-refractivity contribution < 1.29 is 17.2 Å². The molecule has 1 aromatic heterocycles. The summed E-state index contributed by atoms with van der Waals surface area (Å²) < 4.78 is 47.0. The van der Waals surface area contributed by atoms with Crippen molar-refractivity contribution in [1.29, 1.82) is 5.26 Å². The number of nitrogens with zero attached hydrogens (tertiary/aromatic N) is 2. The molecule has 1 aromatic rings. The molecule has 0 amide bonds.